The van der Waals surface area contributed by atoms with E-state index in [0.29, 0.717) is 16.7 Å². The summed E-state index contributed by atoms with van der Waals surface area (Å²) < 4.78 is 11.0. The molecule has 0 radical (unpaired) electrons. The maximum absolute atomic E-state index is 6.13. The van der Waals surface area contributed by atoms with Crippen LogP contribution in [0.1, 0.15) is 19.6 Å². The monoisotopic (exact) mass is 328 g/mol. The molecule has 2 aromatic rings. The molecule has 0 aliphatic rings. The fraction of sp³-hybridized carbons (Fsp3) is 0.375. The van der Waals surface area contributed by atoms with Crippen molar-refractivity contribution in [2.45, 2.75) is 20.4 Å². The first-order chi connectivity index (χ1) is 9.60. The molecule has 1 aromatic heterocycles. The number of nitrogens with one attached hydrogen (secondary N) is 1. The highest BCUT2D eigenvalue weighted by atomic mass is 35.5. The average Bonchev–Trinajstić information content (AvgIpc) is 2.87. The van der Waals surface area contributed by atoms with Crippen LogP contribution in [0, 0.1) is 5.92 Å². The summed E-state index contributed by atoms with van der Waals surface area (Å²) in [5.41, 5.74) is 0.950. The van der Waals surface area contributed by atoms with Gasteiger partial charge in [0.1, 0.15) is 17.3 Å². The van der Waals surface area contributed by atoms with Crippen LogP contribution in [0.4, 0.5) is 0 Å². The van der Waals surface area contributed by atoms with Crippen molar-refractivity contribution in [1.29, 1.82) is 0 Å². The molecule has 2 rings (SSSR count). The van der Waals surface area contributed by atoms with Crippen LogP contribution >= 0.6 is 11.6 Å². The Morgan fingerprint density at radius 2 is 2.00 bits per heavy atom. The molecule has 21 heavy (non-hydrogen) atoms. The lowest BCUT2D eigenvalue weighted by Gasteiger charge is -2.06. The van der Waals surface area contributed by atoms with Crippen LogP contribution in [0.2, 0.25) is 5.02 Å². The van der Waals surface area contributed by atoms with Gasteiger partial charge in [0, 0.05) is 5.56 Å². The molecule has 1 N–H and O–H groups in total. The number of methoxy groups -OCH3 is 1. The molecule has 0 saturated heterocycles. The van der Waals surface area contributed by atoms with Crippen molar-refractivity contribution in [3.05, 3.63) is 41.1 Å². The van der Waals surface area contributed by atoms with Crippen LogP contribution in [0.15, 0.2) is 34.7 Å². The summed E-state index contributed by atoms with van der Waals surface area (Å²) in [4.78, 5) is 0. The molecule has 0 unspecified atom stereocenters. The zero-order chi connectivity index (χ0) is 14.5. The highest BCUT2D eigenvalue weighted by molar-refractivity contribution is 6.32. The van der Waals surface area contributed by atoms with E-state index in [-0.39, 0.29) is 12.4 Å². The van der Waals surface area contributed by atoms with E-state index in [1.54, 1.807) is 7.11 Å². The first-order valence-electron chi connectivity index (χ1n) is 6.73. The SMILES string of the molecule is COc1ccc(-c2ccc(CNCC(C)C)o2)cc1Cl.[Cl-]. The molecule has 0 aliphatic heterocycles. The second kappa shape index (κ2) is 8.32. The van der Waals surface area contributed by atoms with Gasteiger partial charge in [0.25, 0.3) is 0 Å². The lowest BCUT2D eigenvalue weighted by Crippen LogP contribution is -3.00. The predicted molar refractivity (Wildman–Crippen MR) is 82.3 cm³/mol. The third kappa shape index (κ3) is 4.95. The number of ether oxygens (including phenoxy) is 1. The molecule has 0 atom stereocenters. The summed E-state index contributed by atoms with van der Waals surface area (Å²) in [5, 5.41) is 3.94. The minimum atomic E-state index is 0. The van der Waals surface area contributed by atoms with Crippen LogP contribution < -0.4 is 22.5 Å². The third-order valence-electron chi connectivity index (χ3n) is 2.95. The number of rotatable bonds is 6. The Hall–Kier alpha value is -1.16. The van der Waals surface area contributed by atoms with E-state index >= 15 is 0 Å². The first kappa shape index (κ1) is 17.9. The van der Waals surface area contributed by atoms with Crippen molar-refractivity contribution in [3.8, 4) is 17.1 Å². The van der Waals surface area contributed by atoms with Crippen LogP contribution in [0.5, 0.6) is 5.75 Å². The smallest absolute Gasteiger partial charge is 0.137 e. The number of hydrogen-bond donors (Lipinski definition) is 1. The van der Waals surface area contributed by atoms with Gasteiger partial charge in [0.15, 0.2) is 0 Å². The molecular weight excluding hydrogens is 309 g/mol. The molecule has 1 aromatic carbocycles. The van der Waals surface area contributed by atoms with E-state index in [9.17, 15) is 0 Å². The van der Waals surface area contributed by atoms with Gasteiger partial charge in [-0.2, -0.15) is 0 Å². The summed E-state index contributed by atoms with van der Waals surface area (Å²) in [6, 6.07) is 9.58. The Balaban J connectivity index is 0.00000220. The lowest BCUT2D eigenvalue weighted by atomic mass is 10.2. The van der Waals surface area contributed by atoms with Crippen LogP contribution in [0.25, 0.3) is 11.3 Å². The van der Waals surface area contributed by atoms with Crippen LogP contribution in [0.3, 0.4) is 0 Å². The van der Waals surface area contributed by atoms with Gasteiger partial charge in [-0.1, -0.05) is 25.4 Å². The number of hydrogen-bond acceptors (Lipinski definition) is 3. The van der Waals surface area contributed by atoms with Gasteiger partial charge >= 0.3 is 0 Å². The first-order valence-corrected chi connectivity index (χ1v) is 7.11. The standard InChI is InChI=1S/C16H20ClNO2.ClH/c1-11(2)9-18-10-13-5-7-15(20-13)12-4-6-16(19-3)14(17)8-12;/h4-8,11,18H,9-10H2,1-3H3;1H/p-1. The summed E-state index contributed by atoms with van der Waals surface area (Å²) in [7, 11) is 1.60. The van der Waals surface area contributed by atoms with Crippen LogP contribution in [-0.4, -0.2) is 13.7 Å². The lowest BCUT2D eigenvalue weighted by molar-refractivity contribution is -0.00000508. The van der Waals surface area contributed by atoms with Gasteiger partial charge < -0.3 is 26.9 Å². The minimum Gasteiger partial charge on any atom is -1.00 e. The summed E-state index contributed by atoms with van der Waals surface area (Å²) in [6.45, 7) is 6.08. The Labute approximate surface area is 137 Å². The van der Waals surface area contributed by atoms with Crippen molar-refractivity contribution >= 4 is 11.6 Å². The molecule has 1 heterocycles. The van der Waals surface area contributed by atoms with Gasteiger partial charge in [-0.15, -0.1) is 0 Å². The van der Waals surface area contributed by atoms with Crippen LogP contribution in [-0.2, 0) is 6.54 Å². The number of halogens is 2. The highest BCUT2D eigenvalue weighted by Crippen LogP contribution is 2.31. The Bertz CT molecular complexity index is 567. The van der Waals surface area contributed by atoms with Gasteiger partial charge in [0.05, 0.1) is 18.7 Å². The van der Waals surface area contributed by atoms with E-state index in [4.69, 9.17) is 20.8 Å². The quantitative estimate of drug-likeness (QED) is 0.869. The molecule has 0 bridgehead atoms. The Morgan fingerprint density at radius 3 is 2.62 bits per heavy atom. The van der Waals surface area contributed by atoms with E-state index in [2.05, 4.69) is 19.2 Å². The normalized spacial score (nSPS) is 10.5. The molecule has 3 nitrogen and oxygen atoms in total. The minimum absolute atomic E-state index is 0. The molecule has 0 fully saturated rings. The van der Waals surface area contributed by atoms with E-state index in [0.717, 1.165) is 30.2 Å². The summed E-state index contributed by atoms with van der Waals surface area (Å²) in [5.74, 6) is 3.04. The Morgan fingerprint density at radius 1 is 1.24 bits per heavy atom. The molecule has 0 spiro atoms. The van der Waals surface area contributed by atoms with Gasteiger partial charge in [0.2, 0.25) is 0 Å². The van der Waals surface area contributed by atoms with Crippen molar-refractivity contribution in [3.63, 3.8) is 0 Å². The largest absolute Gasteiger partial charge is 1.00 e. The second-order valence-electron chi connectivity index (χ2n) is 5.14. The van der Waals surface area contributed by atoms with E-state index in [1.807, 2.05) is 30.3 Å². The van der Waals surface area contributed by atoms with Crippen molar-refractivity contribution in [2.75, 3.05) is 13.7 Å². The van der Waals surface area contributed by atoms with E-state index in [1.165, 1.54) is 0 Å². The fourth-order valence-electron chi connectivity index (χ4n) is 1.93. The fourth-order valence-corrected chi connectivity index (χ4v) is 2.19. The maximum Gasteiger partial charge on any atom is 0.137 e. The molecule has 116 valence electrons. The summed E-state index contributed by atoms with van der Waals surface area (Å²) >= 11 is 6.13. The van der Waals surface area contributed by atoms with Crippen molar-refractivity contribution in [1.82, 2.24) is 5.32 Å². The average molecular weight is 329 g/mol. The zero-order valence-electron chi connectivity index (χ0n) is 12.5. The molecule has 0 amide bonds. The molecule has 0 aliphatic carbocycles. The van der Waals surface area contributed by atoms with Gasteiger partial charge in [-0.05, 0) is 42.8 Å². The third-order valence-corrected chi connectivity index (χ3v) is 3.25. The second-order valence-corrected chi connectivity index (χ2v) is 5.55. The van der Waals surface area contributed by atoms with Crippen molar-refractivity contribution in [2.24, 2.45) is 5.92 Å². The molecule has 5 heteroatoms. The van der Waals surface area contributed by atoms with Gasteiger partial charge in [-0.25, -0.2) is 0 Å². The highest BCUT2D eigenvalue weighted by Gasteiger charge is 2.08. The predicted octanol–water partition coefficient (Wildman–Crippen LogP) is 1.36. The number of benzene rings is 1. The number of furan rings is 1. The topological polar surface area (TPSA) is 34.4 Å². The Kier molecular flexibility index (Phi) is 7.09. The maximum atomic E-state index is 6.13. The molecule has 0 saturated carbocycles. The van der Waals surface area contributed by atoms with Gasteiger partial charge in [-0.3, -0.25) is 0 Å². The van der Waals surface area contributed by atoms with Crippen molar-refractivity contribution < 1.29 is 21.6 Å². The zero-order valence-corrected chi connectivity index (χ0v) is 14.0. The summed E-state index contributed by atoms with van der Waals surface area (Å²) in [6.07, 6.45) is 0. The van der Waals surface area contributed by atoms with E-state index < -0.39 is 0 Å². The molecular formula is C16H20Cl2NO2-.